The van der Waals surface area contributed by atoms with Crippen LogP contribution in [0.4, 0.5) is 11.4 Å². The summed E-state index contributed by atoms with van der Waals surface area (Å²) in [6, 6.07) is 56.3. The number of anilines is 2. The lowest BCUT2D eigenvalue weighted by atomic mass is 10.1. The van der Waals surface area contributed by atoms with Crippen LogP contribution in [-0.2, 0) is 107 Å². The molecule has 1 aliphatic rings. The number of hydrogen-bond donors (Lipinski definition) is 8. The van der Waals surface area contributed by atoms with Crippen LogP contribution in [0, 0.1) is 0 Å². The topological polar surface area (TPSA) is 403 Å². The van der Waals surface area contributed by atoms with Crippen LogP contribution in [0.25, 0.3) is 5.52 Å². The third-order valence-corrected chi connectivity index (χ3v) is 20.4. The van der Waals surface area contributed by atoms with Gasteiger partial charge in [-0.2, -0.15) is 0 Å². The van der Waals surface area contributed by atoms with Crippen molar-refractivity contribution in [3.63, 3.8) is 0 Å². The van der Waals surface area contributed by atoms with Crippen LogP contribution in [-0.4, -0.2) is 137 Å². The number of methoxy groups -OCH3 is 6. The number of nitrogens with two attached hydrogens (primary N) is 1. The Morgan fingerprint density at radius 3 is 1.29 bits per heavy atom. The minimum Gasteiger partial charge on any atom is -0.502 e. The molecule has 0 saturated carbocycles. The van der Waals surface area contributed by atoms with Crippen molar-refractivity contribution in [3.05, 3.63) is 359 Å². The molecular weight excluding hydrogens is 1760 g/mol. The molecule has 0 radical (unpaired) electrons. The van der Waals surface area contributed by atoms with Crippen molar-refractivity contribution in [3.8, 4) is 17.2 Å². The van der Waals surface area contributed by atoms with Crippen molar-refractivity contribution in [2.24, 2.45) is 0 Å². The number of nitrogens with one attached hydrogen (secondary N) is 5. The molecule has 0 saturated heterocycles. The Hall–Kier alpha value is -13.4. The molecule has 0 fully saturated rings. The zero-order valence-electron chi connectivity index (χ0n) is 72.3. The molecule has 5 amide bonds. The molecule has 12 rings (SSSR count). The second-order valence-electron chi connectivity index (χ2n) is 28.6. The van der Waals surface area contributed by atoms with E-state index in [9.17, 15) is 58.2 Å². The van der Waals surface area contributed by atoms with Gasteiger partial charge in [-0.05, 0) is 87.5 Å². The van der Waals surface area contributed by atoms with E-state index in [-0.39, 0.29) is 136 Å². The molecule has 4 aromatic heterocycles. The van der Waals surface area contributed by atoms with E-state index in [1.807, 2.05) is 91.0 Å². The van der Waals surface area contributed by atoms with Crippen molar-refractivity contribution in [1.82, 2.24) is 44.3 Å². The highest BCUT2D eigenvalue weighted by molar-refractivity contribution is 6.31. The van der Waals surface area contributed by atoms with Crippen molar-refractivity contribution < 1.29 is 81.6 Å². The second kappa shape index (κ2) is 50.4. The van der Waals surface area contributed by atoms with Crippen LogP contribution in [0.2, 0.25) is 20.1 Å². The molecule has 684 valence electrons. The number of pyridine rings is 3. The molecule has 9 N–H and O–H groups in total. The predicted molar refractivity (Wildman–Crippen MR) is 491 cm³/mol. The molecular formula is C94H99Cl4N11O21. The lowest BCUT2D eigenvalue weighted by Gasteiger charge is -2.32. The smallest absolute Gasteiger partial charge is 0.341 e. The predicted octanol–water partition coefficient (Wildman–Crippen LogP) is 12.8. The quantitative estimate of drug-likeness (QED) is 0.0168. The molecule has 0 unspecified atom stereocenters. The lowest BCUT2D eigenvalue weighted by Crippen LogP contribution is -2.41. The number of aromatic carboxylic acids is 1. The van der Waals surface area contributed by atoms with E-state index in [1.165, 1.54) is 85.5 Å². The van der Waals surface area contributed by atoms with Crippen LogP contribution in [0.5, 0.6) is 17.2 Å². The summed E-state index contributed by atoms with van der Waals surface area (Å²) in [4.78, 5) is 128. The summed E-state index contributed by atoms with van der Waals surface area (Å²) in [5, 5.41) is 35.9. The minimum absolute atomic E-state index is 0.0197. The number of hydrogen-bond acceptors (Lipinski definition) is 22. The van der Waals surface area contributed by atoms with Crippen molar-refractivity contribution in [2.45, 2.75) is 111 Å². The molecule has 130 heavy (non-hydrogen) atoms. The van der Waals surface area contributed by atoms with E-state index in [4.69, 9.17) is 94.8 Å². The monoisotopic (exact) mass is 1860 g/mol. The zero-order valence-corrected chi connectivity index (χ0v) is 75.3. The van der Waals surface area contributed by atoms with Crippen molar-refractivity contribution in [1.29, 1.82) is 0 Å². The number of halogens is 4. The van der Waals surface area contributed by atoms with E-state index >= 15 is 0 Å². The number of nitrogen functional groups attached to an aromatic ring is 1. The summed E-state index contributed by atoms with van der Waals surface area (Å²) < 4.78 is 55.0. The van der Waals surface area contributed by atoms with Gasteiger partial charge in [0.15, 0.2) is 53.0 Å². The number of ether oxygens (including phenoxy) is 9. The molecule has 7 aromatic carbocycles. The van der Waals surface area contributed by atoms with Gasteiger partial charge in [-0.25, -0.2) is 4.79 Å². The molecule has 0 spiro atoms. The molecule has 0 atom stereocenters. The van der Waals surface area contributed by atoms with Crippen molar-refractivity contribution in [2.75, 3.05) is 60.3 Å². The van der Waals surface area contributed by atoms with E-state index in [2.05, 4.69) is 26.6 Å². The molecule has 11 aromatic rings. The van der Waals surface area contributed by atoms with Gasteiger partial charge in [0, 0.05) is 145 Å². The first-order valence-corrected chi connectivity index (χ1v) is 41.9. The van der Waals surface area contributed by atoms with Gasteiger partial charge in [0.05, 0.1) is 26.2 Å². The number of benzene rings is 7. The Morgan fingerprint density at radius 2 is 0.854 bits per heavy atom. The number of fused-ring (bicyclic) bond motifs is 1. The molecule has 36 heteroatoms. The maximum absolute atomic E-state index is 13.5. The van der Waals surface area contributed by atoms with Gasteiger partial charge >= 0.3 is 5.97 Å². The SMILES string of the molecule is CCC(=O)NC1=CN(CC(OC)OC)C(C(=O)NCc2cccc(Cl)c2)=C(OCc2ccccc2)C1.CCC(=O)Nc1cn2ccn(Cc3cccc(Cl)c3)c(=O)c2c(O)c1=O.COC(Cn1cc(C(=O)O)c(=O)c(OCc2ccccc2)c1C(=O)NCc1cccc(Cl)c1)OC.COC(Cn1cc(N)c(=O)c(OCc2ccccc2)c1C(=O)NCc1cccc(Cl)c1)OC. The Bertz CT molecular complexity index is 6070. The van der Waals surface area contributed by atoms with Crippen LogP contribution < -0.4 is 63.6 Å². The van der Waals surface area contributed by atoms with Gasteiger partial charge < -0.3 is 108 Å². The third-order valence-electron chi connectivity index (χ3n) is 19.5. The maximum atomic E-state index is 13.5. The number of nitrogens with zero attached hydrogens (tertiary/aromatic N) is 5. The van der Waals surface area contributed by atoms with Crippen molar-refractivity contribution >= 4 is 98.8 Å². The fraction of sp³-hybridized carbons (Fsp3) is 0.255. The Balaban J connectivity index is 0.000000196. The van der Waals surface area contributed by atoms with Crippen LogP contribution in [0.15, 0.2) is 262 Å². The van der Waals surface area contributed by atoms with Gasteiger partial charge in [-0.1, -0.05) is 200 Å². The normalized spacial score (nSPS) is 11.6. The van der Waals surface area contributed by atoms with Gasteiger partial charge in [0.2, 0.25) is 28.1 Å². The second-order valence-corrected chi connectivity index (χ2v) is 30.4. The number of aromatic nitrogens is 4. The maximum Gasteiger partial charge on any atom is 0.341 e. The number of carboxylic acid groups (broad SMARTS) is 1. The number of aromatic hydroxyl groups is 1. The number of amides is 5. The molecule has 0 aliphatic carbocycles. The average Bonchev–Trinajstić information content (AvgIpc) is 0.778. The highest BCUT2D eigenvalue weighted by Gasteiger charge is 2.32. The average molecular weight is 1860 g/mol. The number of carbonyl (C=O) groups excluding carboxylic acids is 5. The Morgan fingerprint density at radius 1 is 0.454 bits per heavy atom. The molecule has 32 nitrogen and oxygen atoms in total. The summed E-state index contributed by atoms with van der Waals surface area (Å²) in [5.41, 5.74) is 8.82. The largest absolute Gasteiger partial charge is 0.502 e. The Kier molecular flexibility index (Phi) is 38.9. The number of rotatable bonds is 37. The molecule has 0 bridgehead atoms. The third kappa shape index (κ3) is 29.1. The van der Waals surface area contributed by atoms with Crippen LogP contribution in [0.1, 0.15) is 103 Å². The standard InChI is InChI=1S/C27H32ClN3O5.C25H25ClN2O7.C24H26ClN3O5.C18H16ClN3O4/c1-4-24(32)30-22-14-23(36-18-19-9-6-5-7-10-19)26(31(16-22)17-25(34-2)35-3)27(33)29-15-20-11-8-12-21(28)13-20;1-33-20(34-2)14-28-13-19(25(31)32)22(29)23(35-15-16-7-4-3-5-8-16)21(28)24(30)27-12-17-9-6-10-18(26)11-17;1-31-20(32-2)14-28-13-19(26)22(29)23(33-15-16-7-4-3-5-8-16)21(28)24(30)27-12-17-9-6-10-18(25)11-17;1-2-14(23)20-13-10-21-6-7-22(9-11-4-3-5-12(19)8-11)18(26)15(21)17(25)16(13)24/h5-13,16,25H,4,14-15,17-18H2,1-3H3,(H,29,33)(H,30,32);3-11,13,20H,12,14-15H2,1-2H3,(H,27,30)(H,31,32);3-11,13,20H,12,14-15,26H2,1-2H3,(H,27,30);3-8,10,25H,2,9H2,1H3,(H,20,23). The highest BCUT2D eigenvalue weighted by atomic mass is 35.5. The summed E-state index contributed by atoms with van der Waals surface area (Å²) in [6.45, 7) is 4.80. The summed E-state index contributed by atoms with van der Waals surface area (Å²) in [7, 11) is 8.81. The molecule has 5 heterocycles. The van der Waals surface area contributed by atoms with E-state index in [1.54, 1.807) is 122 Å². The van der Waals surface area contributed by atoms with E-state index < -0.39 is 69.8 Å². The first-order valence-electron chi connectivity index (χ1n) is 40.4. The summed E-state index contributed by atoms with van der Waals surface area (Å²) in [5.74, 6) is -4.24. The highest BCUT2D eigenvalue weighted by Crippen LogP contribution is 2.30. The number of carbonyl (C=O) groups is 6. The van der Waals surface area contributed by atoms with Gasteiger partial charge in [-0.3, -0.25) is 43.2 Å². The summed E-state index contributed by atoms with van der Waals surface area (Å²) in [6.07, 6.45) is 7.22. The first-order chi connectivity index (χ1) is 62.6. The van der Waals surface area contributed by atoms with Crippen LogP contribution >= 0.6 is 46.4 Å². The zero-order chi connectivity index (χ0) is 93.9. The first kappa shape index (κ1) is 100. The Labute approximate surface area is 768 Å². The number of carboxylic acids is 1. The minimum atomic E-state index is -1.45. The fourth-order valence-corrected chi connectivity index (χ4v) is 13.7. The summed E-state index contributed by atoms with van der Waals surface area (Å²) >= 11 is 24.1. The van der Waals surface area contributed by atoms with Gasteiger partial charge in [-0.15, -0.1) is 0 Å². The fourth-order valence-electron chi connectivity index (χ4n) is 12.8. The molecule has 1 aliphatic heterocycles. The van der Waals surface area contributed by atoms with E-state index in [0.717, 1.165) is 45.1 Å². The van der Waals surface area contributed by atoms with E-state index in [0.29, 0.717) is 43.7 Å². The van der Waals surface area contributed by atoms with Gasteiger partial charge in [0.1, 0.15) is 48.2 Å². The lowest BCUT2D eigenvalue weighted by molar-refractivity contribution is -0.123. The van der Waals surface area contributed by atoms with Crippen LogP contribution in [0.3, 0.4) is 0 Å². The van der Waals surface area contributed by atoms with Gasteiger partial charge in [0.25, 0.3) is 23.3 Å².